The normalized spacial score (nSPS) is 10.7. The molecule has 0 unspecified atom stereocenters. The Bertz CT molecular complexity index is 304. The van der Waals surface area contributed by atoms with Crippen LogP contribution in [0.3, 0.4) is 0 Å². The third kappa shape index (κ3) is 1.62. The number of hydrogen-bond donors (Lipinski definition) is 1. The number of rotatable bonds is 2. The van der Waals surface area contributed by atoms with Crippen molar-refractivity contribution in [2.75, 3.05) is 0 Å². The molecule has 2 nitrogen and oxygen atoms in total. The zero-order valence-electron chi connectivity index (χ0n) is 6.80. The third-order valence-corrected chi connectivity index (χ3v) is 2.85. The molecular formula is C8H9ClO2S. The summed E-state index contributed by atoms with van der Waals surface area (Å²) in [7, 11) is 0. The lowest BCUT2D eigenvalue weighted by Gasteiger charge is -2.02. The molecule has 1 N–H and O–H groups in total. The molecule has 0 saturated heterocycles. The van der Waals surface area contributed by atoms with Crippen LogP contribution in [-0.2, 0) is 0 Å². The topological polar surface area (TPSA) is 37.3 Å². The monoisotopic (exact) mass is 204 g/mol. The standard InChI is InChI=1S/C8H9ClO2S/c1-4(2)5-3-12-7(9)6(5)8(10)11/h3-4H,1-2H3,(H,10,11). The first-order valence-electron chi connectivity index (χ1n) is 3.54. The van der Waals surface area contributed by atoms with Gasteiger partial charge in [0.2, 0.25) is 0 Å². The maximum absolute atomic E-state index is 10.7. The Kier molecular flexibility index (Phi) is 2.75. The molecule has 12 heavy (non-hydrogen) atoms. The largest absolute Gasteiger partial charge is 0.478 e. The van der Waals surface area contributed by atoms with Crippen molar-refractivity contribution in [3.8, 4) is 0 Å². The second-order valence-corrected chi connectivity index (χ2v) is 4.28. The Hall–Kier alpha value is -0.540. The highest BCUT2D eigenvalue weighted by Crippen LogP contribution is 2.32. The van der Waals surface area contributed by atoms with E-state index >= 15 is 0 Å². The van der Waals surface area contributed by atoms with Gasteiger partial charge in [0.1, 0.15) is 4.34 Å². The molecule has 0 aliphatic rings. The number of hydrogen-bond acceptors (Lipinski definition) is 2. The van der Waals surface area contributed by atoms with Gasteiger partial charge in [-0.15, -0.1) is 11.3 Å². The molecule has 0 saturated carbocycles. The molecule has 0 atom stereocenters. The third-order valence-electron chi connectivity index (χ3n) is 1.61. The summed E-state index contributed by atoms with van der Waals surface area (Å²) < 4.78 is 0.367. The highest BCUT2D eigenvalue weighted by Gasteiger charge is 2.18. The highest BCUT2D eigenvalue weighted by atomic mass is 35.5. The van der Waals surface area contributed by atoms with Crippen molar-refractivity contribution in [1.29, 1.82) is 0 Å². The van der Waals surface area contributed by atoms with Crippen LogP contribution in [0.2, 0.25) is 4.34 Å². The first-order valence-corrected chi connectivity index (χ1v) is 4.80. The van der Waals surface area contributed by atoms with Crippen molar-refractivity contribution in [2.24, 2.45) is 0 Å². The summed E-state index contributed by atoms with van der Waals surface area (Å²) in [6.07, 6.45) is 0. The predicted octanol–water partition coefficient (Wildman–Crippen LogP) is 3.22. The number of carbonyl (C=O) groups is 1. The lowest BCUT2D eigenvalue weighted by atomic mass is 10.0. The zero-order valence-corrected chi connectivity index (χ0v) is 8.37. The maximum atomic E-state index is 10.7. The molecular weight excluding hydrogens is 196 g/mol. The number of carboxylic acids is 1. The molecule has 1 aromatic heterocycles. The predicted molar refractivity (Wildman–Crippen MR) is 50.4 cm³/mol. The van der Waals surface area contributed by atoms with E-state index in [0.29, 0.717) is 4.34 Å². The van der Waals surface area contributed by atoms with Gasteiger partial charge in [-0.1, -0.05) is 25.4 Å². The molecule has 0 amide bonds. The van der Waals surface area contributed by atoms with Gasteiger partial charge in [0.15, 0.2) is 0 Å². The van der Waals surface area contributed by atoms with Gasteiger partial charge in [-0.05, 0) is 16.9 Å². The molecule has 0 radical (unpaired) electrons. The van der Waals surface area contributed by atoms with Crippen LogP contribution in [0, 0.1) is 0 Å². The number of halogens is 1. The van der Waals surface area contributed by atoms with E-state index in [9.17, 15) is 4.79 Å². The molecule has 66 valence electrons. The minimum absolute atomic E-state index is 0.208. The van der Waals surface area contributed by atoms with E-state index in [1.165, 1.54) is 11.3 Å². The maximum Gasteiger partial charge on any atom is 0.338 e. The zero-order chi connectivity index (χ0) is 9.30. The summed E-state index contributed by atoms with van der Waals surface area (Å²) >= 11 is 6.99. The molecule has 4 heteroatoms. The summed E-state index contributed by atoms with van der Waals surface area (Å²) in [5.41, 5.74) is 1.08. The SMILES string of the molecule is CC(C)c1csc(Cl)c1C(=O)O. The first-order chi connectivity index (χ1) is 5.54. The fraction of sp³-hybridized carbons (Fsp3) is 0.375. The summed E-state index contributed by atoms with van der Waals surface area (Å²) in [6.45, 7) is 3.90. The van der Waals surface area contributed by atoms with Crippen LogP contribution in [0.25, 0.3) is 0 Å². The Balaban J connectivity index is 3.21. The Morgan fingerprint density at radius 1 is 1.67 bits per heavy atom. The molecule has 0 fully saturated rings. The van der Waals surface area contributed by atoms with Crippen molar-refractivity contribution in [2.45, 2.75) is 19.8 Å². The average molecular weight is 205 g/mol. The summed E-state index contributed by atoms with van der Waals surface area (Å²) in [4.78, 5) is 10.7. The van der Waals surface area contributed by atoms with E-state index in [4.69, 9.17) is 16.7 Å². The van der Waals surface area contributed by atoms with Gasteiger partial charge >= 0.3 is 5.97 Å². The Morgan fingerprint density at radius 3 is 2.58 bits per heavy atom. The van der Waals surface area contributed by atoms with Crippen LogP contribution in [0.1, 0.15) is 35.7 Å². The smallest absolute Gasteiger partial charge is 0.338 e. The van der Waals surface area contributed by atoms with Gasteiger partial charge < -0.3 is 5.11 Å². The first kappa shape index (κ1) is 9.55. The molecule has 0 bridgehead atoms. The number of carboxylic acid groups (broad SMARTS) is 1. The van der Waals surface area contributed by atoms with Gasteiger partial charge in [-0.2, -0.15) is 0 Å². The van der Waals surface area contributed by atoms with Crippen LogP contribution < -0.4 is 0 Å². The van der Waals surface area contributed by atoms with Crippen LogP contribution in [-0.4, -0.2) is 11.1 Å². The quantitative estimate of drug-likeness (QED) is 0.803. The number of thiophene rings is 1. The van der Waals surface area contributed by atoms with Gasteiger partial charge in [-0.3, -0.25) is 0 Å². The summed E-state index contributed by atoms with van der Waals surface area (Å²) in [5.74, 6) is -0.732. The van der Waals surface area contributed by atoms with Crippen molar-refractivity contribution in [3.63, 3.8) is 0 Å². The lowest BCUT2D eigenvalue weighted by molar-refractivity contribution is 0.0696. The van der Waals surface area contributed by atoms with E-state index in [1.54, 1.807) is 5.38 Å². The molecule has 0 spiro atoms. The summed E-state index contributed by atoms with van der Waals surface area (Å²) in [6, 6.07) is 0. The van der Waals surface area contributed by atoms with Crippen molar-refractivity contribution in [3.05, 3.63) is 20.8 Å². The van der Waals surface area contributed by atoms with Crippen molar-refractivity contribution < 1.29 is 9.90 Å². The van der Waals surface area contributed by atoms with Crippen molar-refractivity contribution in [1.82, 2.24) is 0 Å². The second-order valence-electron chi connectivity index (χ2n) is 2.80. The van der Waals surface area contributed by atoms with Crippen molar-refractivity contribution >= 4 is 28.9 Å². The Labute approximate surface area is 79.8 Å². The van der Waals surface area contributed by atoms with Gasteiger partial charge in [0.25, 0.3) is 0 Å². The minimum Gasteiger partial charge on any atom is -0.478 e. The van der Waals surface area contributed by atoms with Gasteiger partial charge in [0.05, 0.1) is 5.56 Å². The van der Waals surface area contributed by atoms with E-state index < -0.39 is 5.97 Å². The average Bonchev–Trinajstić information content (AvgIpc) is 2.30. The molecule has 0 aliphatic heterocycles. The number of aromatic carboxylic acids is 1. The fourth-order valence-corrected chi connectivity index (χ4v) is 2.25. The van der Waals surface area contributed by atoms with Crippen LogP contribution in [0.5, 0.6) is 0 Å². The molecule has 1 aromatic rings. The van der Waals surface area contributed by atoms with Crippen LogP contribution >= 0.6 is 22.9 Å². The van der Waals surface area contributed by atoms with Gasteiger partial charge in [-0.25, -0.2) is 4.79 Å². The molecule has 1 heterocycles. The highest BCUT2D eigenvalue weighted by molar-refractivity contribution is 7.15. The van der Waals surface area contributed by atoms with E-state index in [1.807, 2.05) is 13.8 Å². The molecule has 0 aromatic carbocycles. The minimum atomic E-state index is -0.940. The molecule has 0 aliphatic carbocycles. The fourth-order valence-electron chi connectivity index (χ4n) is 0.979. The van der Waals surface area contributed by atoms with Crippen LogP contribution in [0.4, 0.5) is 0 Å². The van der Waals surface area contributed by atoms with Gasteiger partial charge in [0, 0.05) is 0 Å². The van der Waals surface area contributed by atoms with E-state index in [2.05, 4.69) is 0 Å². The van der Waals surface area contributed by atoms with E-state index in [-0.39, 0.29) is 11.5 Å². The van der Waals surface area contributed by atoms with E-state index in [0.717, 1.165) is 5.56 Å². The second kappa shape index (κ2) is 3.46. The Morgan fingerprint density at radius 2 is 2.25 bits per heavy atom. The van der Waals surface area contributed by atoms with Crippen LogP contribution in [0.15, 0.2) is 5.38 Å². The molecule has 1 rings (SSSR count). The lowest BCUT2D eigenvalue weighted by Crippen LogP contribution is -2.00. The summed E-state index contributed by atoms with van der Waals surface area (Å²) in [5, 5.41) is 10.6.